The summed E-state index contributed by atoms with van der Waals surface area (Å²) in [5, 5.41) is 21.0. The third kappa shape index (κ3) is 5.67. The van der Waals surface area contributed by atoms with E-state index in [0.717, 1.165) is 38.5 Å². The van der Waals surface area contributed by atoms with E-state index in [1.54, 1.807) is 18.3 Å². The molecule has 58 heavy (non-hydrogen) atoms. The van der Waals surface area contributed by atoms with Crippen molar-refractivity contribution in [1.82, 2.24) is 4.57 Å². The first-order valence-electron chi connectivity index (χ1n) is 19.3. The molecule has 5 heteroatoms. The molecule has 0 saturated carbocycles. The quantitative estimate of drug-likeness (QED) is 0.138. The van der Waals surface area contributed by atoms with Crippen molar-refractivity contribution in [3.63, 3.8) is 0 Å². The first-order chi connectivity index (χ1) is 28.6. The Balaban J connectivity index is 1.25. The lowest BCUT2D eigenvalue weighted by Crippen LogP contribution is -2.28. The minimum absolute atomic E-state index is 0.0900. The van der Waals surface area contributed by atoms with Gasteiger partial charge in [0.15, 0.2) is 5.84 Å². The van der Waals surface area contributed by atoms with Crippen molar-refractivity contribution in [2.24, 2.45) is 9.98 Å². The van der Waals surface area contributed by atoms with Crippen molar-refractivity contribution in [2.75, 3.05) is 0 Å². The van der Waals surface area contributed by atoms with E-state index in [9.17, 15) is 10.7 Å². The summed E-state index contributed by atoms with van der Waals surface area (Å²) in [5.41, 5.74) is 12.6. The molecule has 10 rings (SSSR count). The lowest BCUT2D eigenvalue weighted by molar-refractivity contribution is 0.769. The second-order valence-electron chi connectivity index (χ2n) is 14.5. The molecule has 1 heterocycles. The molecule has 0 radical (unpaired) electrons. The largest absolute Gasteiger partial charge is 0.282 e. The highest BCUT2D eigenvalue weighted by Crippen LogP contribution is 2.57. The summed E-state index contributed by atoms with van der Waals surface area (Å²) >= 11 is 0. The SMILES string of the molecule is N#Cc1ccc(/C=N/C(=N\C(=N)c2cccc(-c3ccccc3)c2)n2c3ccccc3c3cc4c(cc32)C(c2ccccc2)(c2ccccc2)c2ccccc2-4)cc1. The molecule has 1 N–H and O–H groups in total. The van der Waals surface area contributed by atoms with E-state index in [1.165, 1.54) is 33.4 Å². The molecule has 0 fully saturated rings. The third-order valence-corrected chi connectivity index (χ3v) is 11.3. The zero-order valence-corrected chi connectivity index (χ0v) is 31.4. The second-order valence-corrected chi connectivity index (χ2v) is 14.5. The number of aliphatic imine (C=N–C) groups is 2. The van der Waals surface area contributed by atoms with Gasteiger partial charge in [0.2, 0.25) is 5.96 Å². The van der Waals surface area contributed by atoms with E-state index in [4.69, 9.17) is 9.98 Å². The summed E-state index contributed by atoms with van der Waals surface area (Å²) in [6.45, 7) is 0. The van der Waals surface area contributed by atoms with Gasteiger partial charge in [0.25, 0.3) is 0 Å². The smallest absolute Gasteiger partial charge is 0.236 e. The summed E-state index contributed by atoms with van der Waals surface area (Å²) in [5.74, 6) is 0.443. The first-order valence-corrected chi connectivity index (χ1v) is 19.3. The molecule has 0 unspecified atom stereocenters. The van der Waals surface area contributed by atoms with E-state index in [1.807, 2.05) is 54.6 Å². The number of hydrogen-bond donors (Lipinski definition) is 1. The molecule has 1 aliphatic carbocycles. The van der Waals surface area contributed by atoms with Crippen LogP contribution in [0.25, 0.3) is 44.1 Å². The van der Waals surface area contributed by atoms with Crippen molar-refractivity contribution < 1.29 is 0 Å². The third-order valence-electron chi connectivity index (χ3n) is 11.3. The lowest BCUT2D eigenvalue weighted by atomic mass is 9.67. The Morgan fingerprint density at radius 3 is 1.91 bits per heavy atom. The maximum Gasteiger partial charge on any atom is 0.236 e. The van der Waals surface area contributed by atoms with Gasteiger partial charge < -0.3 is 0 Å². The predicted molar refractivity (Wildman–Crippen MR) is 237 cm³/mol. The lowest BCUT2D eigenvalue weighted by Gasteiger charge is -2.34. The van der Waals surface area contributed by atoms with Crippen molar-refractivity contribution in [3.8, 4) is 28.3 Å². The van der Waals surface area contributed by atoms with Gasteiger partial charge in [-0.15, -0.1) is 0 Å². The number of nitriles is 1. The summed E-state index contributed by atoms with van der Waals surface area (Å²) in [6, 6.07) is 71.0. The van der Waals surface area contributed by atoms with Crippen LogP contribution in [0.5, 0.6) is 0 Å². The van der Waals surface area contributed by atoms with Crippen LogP contribution in [-0.4, -0.2) is 22.6 Å². The molecule has 0 aliphatic heterocycles. The monoisotopic (exact) mass is 741 g/mol. The van der Waals surface area contributed by atoms with Crippen LogP contribution in [0.4, 0.5) is 0 Å². The van der Waals surface area contributed by atoms with Crippen molar-refractivity contribution >= 4 is 39.8 Å². The molecule has 9 aromatic rings. The maximum absolute atomic E-state index is 9.46. The normalized spacial score (nSPS) is 13.1. The average molecular weight is 742 g/mol. The fourth-order valence-corrected chi connectivity index (χ4v) is 8.67. The van der Waals surface area contributed by atoms with Gasteiger partial charge in [0.1, 0.15) is 0 Å². The molecule has 0 atom stereocenters. The van der Waals surface area contributed by atoms with E-state index in [-0.39, 0.29) is 5.84 Å². The molecular weight excluding hydrogens is 707 g/mol. The fraction of sp³-hybridized carbons (Fsp3) is 0.0189. The summed E-state index contributed by atoms with van der Waals surface area (Å²) in [7, 11) is 0. The van der Waals surface area contributed by atoms with Crippen molar-refractivity contribution in [3.05, 3.63) is 239 Å². The summed E-state index contributed by atoms with van der Waals surface area (Å²) in [4.78, 5) is 10.2. The van der Waals surface area contributed by atoms with Crippen LogP contribution in [0.1, 0.15) is 38.9 Å². The van der Waals surface area contributed by atoms with Gasteiger partial charge in [-0.25, -0.2) is 4.99 Å². The predicted octanol–water partition coefficient (Wildman–Crippen LogP) is 12.0. The van der Waals surface area contributed by atoms with E-state index in [2.05, 4.69) is 144 Å². The number of nitrogens with one attached hydrogen (secondary N) is 1. The number of hydrogen-bond acceptors (Lipinski definition) is 2. The van der Waals surface area contributed by atoms with Crippen molar-refractivity contribution in [2.45, 2.75) is 5.41 Å². The topological polar surface area (TPSA) is 77.3 Å². The standard InChI is InChI=1S/C53H35N5/c54-34-36-27-29-37(30-28-36)35-56-52(57-51(55)40-18-14-17-39(31-40)38-15-4-1-5-16-38)58-49-26-13-11-24-44(49)46-32-45-43-23-10-12-25-47(43)53(48(45)33-50(46)58,41-19-6-2-7-20-41)42-21-8-3-9-22-42/h1-33,35,55H/b55-51?,56-35+,57-52+. The highest BCUT2D eigenvalue weighted by atomic mass is 15.2. The minimum atomic E-state index is -0.600. The Bertz CT molecular complexity index is 3080. The number of para-hydroxylation sites is 1. The van der Waals surface area contributed by atoms with Gasteiger partial charge in [0, 0.05) is 22.6 Å². The molecule has 0 amide bonds. The second kappa shape index (κ2) is 14.3. The first kappa shape index (κ1) is 34.5. The molecule has 8 aromatic carbocycles. The summed E-state index contributed by atoms with van der Waals surface area (Å²) < 4.78 is 2.10. The Morgan fingerprint density at radius 1 is 0.552 bits per heavy atom. The zero-order chi connectivity index (χ0) is 39.1. The highest BCUT2D eigenvalue weighted by molar-refractivity contribution is 6.18. The van der Waals surface area contributed by atoms with E-state index < -0.39 is 5.41 Å². The number of fused-ring (bicyclic) bond motifs is 6. The Hall–Kier alpha value is -7.94. The van der Waals surface area contributed by atoms with Gasteiger partial charge in [-0.2, -0.15) is 10.3 Å². The van der Waals surface area contributed by atoms with E-state index >= 15 is 0 Å². The van der Waals surface area contributed by atoms with Gasteiger partial charge in [0.05, 0.1) is 28.1 Å². The van der Waals surface area contributed by atoms with Crippen molar-refractivity contribution in [1.29, 1.82) is 10.7 Å². The van der Waals surface area contributed by atoms with Crippen LogP contribution in [0, 0.1) is 16.7 Å². The fourth-order valence-electron chi connectivity index (χ4n) is 8.67. The Morgan fingerprint density at radius 2 is 1.19 bits per heavy atom. The average Bonchev–Trinajstić information content (AvgIpc) is 3.78. The number of amidine groups is 1. The van der Waals surface area contributed by atoms with Crippen LogP contribution in [0.15, 0.2) is 210 Å². The molecule has 0 bridgehead atoms. The molecule has 5 nitrogen and oxygen atoms in total. The van der Waals surface area contributed by atoms with Crippen LogP contribution in [0.2, 0.25) is 0 Å². The number of benzene rings is 8. The van der Waals surface area contributed by atoms with Crippen LogP contribution in [-0.2, 0) is 5.41 Å². The molecule has 0 saturated heterocycles. The van der Waals surface area contributed by atoms with E-state index in [0.29, 0.717) is 17.1 Å². The molecule has 272 valence electrons. The number of aromatic nitrogens is 1. The van der Waals surface area contributed by atoms with Gasteiger partial charge in [-0.05, 0) is 86.5 Å². The van der Waals surface area contributed by atoms with Gasteiger partial charge in [-0.3, -0.25) is 9.98 Å². The Labute approximate surface area is 336 Å². The molecule has 1 aromatic heterocycles. The summed E-state index contributed by atoms with van der Waals surface area (Å²) in [6.07, 6.45) is 1.76. The molecule has 1 aliphatic rings. The van der Waals surface area contributed by atoms with Crippen LogP contribution in [0.3, 0.4) is 0 Å². The minimum Gasteiger partial charge on any atom is -0.282 e. The van der Waals surface area contributed by atoms with Gasteiger partial charge in [-0.1, -0.05) is 164 Å². The van der Waals surface area contributed by atoms with Crippen LogP contribution >= 0.6 is 0 Å². The maximum atomic E-state index is 9.46. The number of nitrogens with zero attached hydrogens (tertiary/aromatic N) is 4. The zero-order valence-electron chi connectivity index (χ0n) is 31.4. The molecule has 0 spiro atoms. The highest BCUT2D eigenvalue weighted by Gasteiger charge is 2.46. The Kier molecular flexibility index (Phi) is 8.51. The van der Waals surface area contributed by atoms with Gasteiger partial charge >= 0.3 is 0 Å². The number of rotatable bonds is 5. The molecular formula is C53H35N5. The van der Waals surface area contributed by atoms with Crippen LogP contribution < -0.4 is 0 Å².